The van der Waals surface area contributed by atoms with Crippen LogP contribution in [0.4, 0.5) is 0 Å². The lowest BCUT2D eigenvalue weighted by Gasteiger charge is -2.36. The minimum atomic E-state index is -3.98. The highest BCUT2D eigenvalue weighted by molar-refractivity contribution is 7.89. The minimum absolute atomic E-state index is 0.0361. The van der Waals surface area contributed by atoms with Crippen molar-refractivity contribution in [1.82, 2.24) is 4.31 Å². The fourth-order valence-corrected chi connectivity index (χ4v) is 5.48. The van der Waals surface area contributed by atoms with E-state index in [2.05, 4.69) is 0 Å². The minimum Gasteiger partial charge on any atom is -0.493 e. The van der Waals surface area contributed by atoms with E-state index in [1.54, 1.807) is 6.07 Å². The molecule has 0 saturated carbocycles. The van der Waals surface area contributed by atoms with Crippen molar-refractivity contribution in [3.05, 3.63) is 41.5 Å². The van der Waals surface area contributed by atoms with Crippen LogP contribution >= 0.6 is 0 Å². The standard InChI is InChI=1S/C22H27NO8S/c1-27-18-7-6-15(11-20(18)29-3)32(25,26)23-9-8-14-10-19(28-2)21(30-4)12-16(14)17(23)13-22(24)31-5/h6-7,10-12,17H,8-9,13H2,1-5H3. The number of ether oxygens (including phenoxy) is 5. The molecule has 0 bridgehead atoms. The highest BCUT2D eigenvalue weighted by Crippen LogP contribution is 2.42. The lowest BCUT2D eigenvalue weighted by atomic mass is 9.91. The van der Waals surface area contributed by atoms with E-state index < -0.39 is 22.0 Å². The first-order valence-corrected chi connectivity index (χ1v) is 11.3. The fraction of sp³-hybridized carbons (Fsp3) is 0.409. The monoisotopic (exact) mass is 465 g/mol. The van der Waals surface area contributed by atoms with Gasteiger partial charge in [0, 0.05) is 12.6 Å². The Morgan fingerprint density at radius 1 is 0.906 bits per heavy atom. The maximum atomic E-state index is 13.6. The first-order chi connectivity index (χ1) is 15.3. The molecule has 2 aromatic rings. The van der Waals surface area contributed by atoms with Crippen molar-refractivity contribution in [2.75, 3.05) is 42.1 Å². The molecule has 0 N–H and O–H groups in total. The van der Waals surface area contributed by atoms with Crippen LogP contribution in [0.2, 0.25) is 0 Å². The zero-order chi connectivity index (χ0) is 23.5. The van der Waals surface area contributed by atoms with Gasteiger partial charge < -0.3 is 23.7 Å². The topological polar surface area (TPSA) is 101 Å². The van der Waals surface area contributed by atoms with E-state index in [1.807, 2.05) is 6.07 Å². The van der Waals surface area contributed by atoms with E-state index >= 15 is 0 Å². The van der Waals surface area contributed by atoms with E-state index in [4.69, 9.17) is 23.7 Å². The average Bonchev–Trinajstić information content (AvgIpc) is 2.82. The van der Waals surface area contributed by atoms with Gasteiger partial charge in [-0.3, -0.25) is 4.79 Å². The molecule has 0 fully saturated rings. The molecule has 9 nitrogen and oxygen atoms in total. The quantitative estimate of drug-likeness (QED) is 0.549. The number of methoxy groups -OCH3 is 5. The van der Waals surface area contributed by atoms with Crippen LogP contribution < -0.4 is 18.9 Å². The molecule has 1 atom stereocenters. The molecule has 0 saturated heterocycles. The number of esters is 1. The molecule has 10 heteroatoms. The third-order valence-corrected chi connectivity index (χ3v) is 7.41. The van der Waals surface area contributed by atoms with Gasteiger partial charge in [-0.15, -0.1) is 0 Å². The molecular formula is C22H27NO8S. The number of benzene rings is 2. The van der Waals surface area contributed by atoms with Crippen molar-refractivity contribution >= 4 is 16.0 Å². The summed E-state index contributed by atoms with van der Waals surface area (Å²) in [6.07, 6.45) is 0.297. The Kier molecular flexibility index (Phi) is 7.15. The first-order valence-electron chi connectivity index (χ1n) is 9.86. The summed E-state index contributed by atoms with van der Waals surface area (Å²) in [6.45, 7) is 0.181. The predicted molar refractivity (Wildman–Crippen MR) is 116 cm³/mol. The molecule has 0 spiro atoms. The van der Waals surface area contributed by atoms with Crippen LogP contribution in [-0.4, -0.2) is 60.8 Å². The Balaban J connectivity index is 2.12. The Bertz CT molecular complexity index is 1100. The van der Waals surface area contributed by atoms with Crippen LogP contribution in [-0.2, 0) is 26.0 Å². The Labute approximate surface area is 187 Å². The zero-order valence-electron chi connectivity index (χ0n) is 18.7. The molecule has 0 aliphatic carbocycles. The predicted octanol–water partition coefficient (Wildman–Crippen LogP) is 2.57. The van der Waals surface area contributed by atoms with Crippen molar-refractivity contribution in [3.8, 4) is 23.0 Å². The molecular weight excluding hydrogens is 438 g/mol. The van der Waals surface area contributed by atoms with Crippen LogP contribution in [0.25, 0.3) is 0 Å². The van der Waals surface area contributed by atoms with Crippen molar-refractivity contribution in [3.63, 3.8) is 0 Å². The van der Waals surface area contributed by atoms with E-state index in [9.17, 15) is 13.2 Å². The van der Waals surface area contributed by atoms with Crippen molar-refractivity contribution < 1.29 is 36.9 Å². The van der Waals surface area contributed by atoms with Gasteiger partial charge in [-0.25, -0.2) is 8.42 Å². The molecule has 32 heavy (non-hydrogen) atoms. The van der Waals surface area contributed by atoms with Gasteiger partial charge in [0.05, 0.1) is 52.9 Å². The molecule has 0 amide bonds. The number of carbonyl (C=O) groups is 1. The van der Waals surface area contributed by atoms with Crippen LogP contribution in [0.1, 0.15) is 23.6 Å². The third kappa shape index (κ3) is 4.33. The summed E-state index contributed by atoms with van der Waals surface area (Å²) in [5.41, 5.74) is 1.55. The lowest BCUT2D eigenvalue weighted by molar-refractivity contribution is -0.141. The van der Waals surface area contributed by atoms with Gasteiger partial charge in [0.1, 0.15) is 0 Å². The maximum absolute atomic E-state index is 13.6. The smallest absolute Gasteiger partial charge is 0.307 e. The molecule has 0 aromatic heterocycles. The number of nitrogens with zero attached hydrogens (tertiary/aromatic N) is 1. The molecule has 174 valence electrons. The molecule has 1 aliphatic heterocycles. The van der Waals surface area contributed by atoms with Gasteiger partial charge in [-0.2, -0.15) is 4.31 Å². The summed E-state index contributed by atoms with van der Waals surface area (Å²) in [6, 6.07) is 7.16. The van der Waals surface area contributed by atoms with Gasteiger partial charge in [0.15, 0.2) is 23.0 Å². The second-order valence-corrected chi connectivity index (χ2v) is 8.98. The number of rotatable bonds is 8. The van der Waals surface area contributed by atoms with E-state index in [0.717, 1.165) is 5.56 Å². The van der Waals surface area contributed by atoms with Crippen molar-refractivity contribution in [1.29, 1.82) is 0 Å². The Morgan fingerprint density at radius 3 is 2.09 bits per heavy atom. The van der Waals surface area contributed by atoms with Crippen molar-refractivity contribution in [2.24, 2.45) is 0 Å². The summed E-state index contributed by atoms with van der Waals surface area (Å²) in [5.74, 6) is 1.18. The molecule has 1 aliphatic rings. The van der Waals surface area contributed by atoms with Crippen LogP contribution in [0.5, 0.6) is 23.0 Å². The van der Waals surface area contributed by atoms with E-state index in [-0.39, 0.29) is 17.9 Å². The zero-order valence-corrected chi connectivity index (χ0v) is 19.5. The number of carbonyl (C=O) groups excluding carboxylic acids is 1. The van der Waals surface area contributed by atoms with Crippen LogP contribution in [0.15, 0.2) is 35.2 Å². The lowest BCUT2D eigenvalue weighted by Crippen LogP contribution is -2.41. The number of fused-ring (bicyclic) bond motifs is 1. The van der Waals surface area contributed by atoms with Gasteiger partial charge in [-0.05, 0) is 41.8 Å². The summed E-state index contributed by atoms with van der Waals surface area (Å²) in [5, 5.41) is 0. The maximum Gasteiger partial charge on any atom is 0.307 e. The Hall–Kier alpha value is -2.98. The number of hydrogen-bond acceptors (Lipinski definition) is 8. The molecule has 0 radical (unpaired) electrons. The summed E-state index contributed by atoms with van der Waals surface area (Å²) < 4.78 is 54.7. The molecule has 3 rings (SSSR count). The van der Waals surface area contributed by atoms with Gasteiger partial charge in [0.2, 0.25) is 10.0 Å². The normalized spacial score (nSPS) is 16.1. The summed E-state index contributed by atoms with van der Waals surface area (Å²) >= 11 is 0. The third-order valence-electron chi connectivity index (χ3n) is 5.50. The average molecular weight is 466 g/mol. The van der Waals surface area contributed by atoms with Gasteiger partial charge in [-0.1, -0.05) is 0 Å². The SMILES string of the molecule is COC(=O)CC1c2cc(OC)c(OC)cc2CCN1S(=O)(=O)c1ccc(OC)c(OC)c1. The van der Waals surface area contributed by atoms with Gasteiger partial charge in [0.25, 0.3) is 0 Å². The summed E-state index contributed by atoms with van der Waals surface area (Å²) in [4.78, 5) is 12.3. The summed E-state index contributed by atoms with van der Waals surface area (Å²) in [7, 11) is 3.23. The number of sulfonamides is 1. The fourth-order valence-electron chi connectivity index (χ4n) is 3.86. The van der Waals surface area contributed by atoms with E-state index in [0.29, 0.717) is 35.0 Å². The van der Waals surface area contributed by atoms with Crippen molar-refractivity contribution in [2.45, 2.75) is 23.8 Å². The highest BCUT2D eigenvalue weighted by atomic mass is 32.2. The largest absolute Gasteiger partial charge is 0.493 e. The first kappa shape index (κ1) is 23.7. The number of hydrogen-bond donors (Lipinski definition) is 0. The van der Waals surface area contributed by atoms with Crippen LogP contribution in [0, 0.1) is 0 Å². The second-order valence-electron chi connectivity index (χ2n) is 7.08. The molecule has 2 aromatic carbocycles. The van der Waals surface area contributed by atoms with Crippen LogP contribution in [0.3, 0.4) is 0 Å². The van der Waals surface area contributed by atoms with Gasteiger partial charge >= 0.3 is 5.97 Å². The van der Waals surface area contributed by atoms with E-state index in [1.165, 1.54) is 58.1 Å². The highest BCUT2D eigenvalue weighted by Gasteiger charge is 2.39. The molecule has 1 unspecified atom stereocenters. The molecule has 1 heterocycles. The second kappa shape index (κ2) is 9.66. The Morgan fingerprint density at radius 2 is 1.50 bits per heavy atom.